The van der Waals surface area contributed by atoms with E-state index in [0.717, 1.165) is 0 Å². The van der Waals surface area contributed by atoms with Gasteiger partial charge in [-0.15, -0.1) is 0 Å². The van der Waals surface area contributed by atoms with Crippen LogP contribution in [0.2, 0.25) is 0 Å². The van der Waals surface area contributed by atoms with Crippen LogP contribution in [0.25, 0.3) is 0 Å². The minimum atomic E-state index is -1.42. The number of nitrogens with zero attached hydrogens (tertiary/aromatic N) is 2. The molecule has 2 aliphatic rings. The first-order valence-electron chi connectivity index (χ1n) is 8.33. The Hall–Kier alpha value is -3.02. The van der Waals surface area contributed by atoms with E-state index in [1.165, 1.54) is 18.2 Å². The minimum Gasteiger partial charge on any atom is -0.454 e. The van der Waals surface area contributed by atoms with Crippen LogP contribution in [-0.4, -0.2) is 50.9 Å². The molecule has 0 aliphatic carbocycles. The predicted octanol–water partition coefficient (Wildman–Crippen LogP) is -0.793. The third-order valence-electron chi connectivity index (χ3n) is 4.59. The second kappa shape index (κ2) is 6.86. The van der Waals surface area contributed by atoms with Gasteiger partial charge in [-0.05, 0) is 18.2 Å². The van der Waals surface area contributed by atoms with Gasteiger partial charge in [0.2, 0.25) is 12.6 Å². The van der Waals surface area contributed by atoms with Gasteiger partial charge < -0.3 is 24.4 Å². The molecule has 4 rings (SSSR count). The molecule has 148 valence electrons. The summed E-state index contributed by atoms with van der Waals surface area (Å²) >= 11 is 0. The molecule has 1 aromatic carbocycles. The van der Waals surface area contributed by atoms with Crippen LogP contribution in [0.15, 0.2) is 34.0 Å². The second-order valence-electron chi connectivity index (χ2n) is 6.30. The van der Waals surface area contributed by atoms with Crippen molar-refractivity contribution in [1.29, 1.82) is 0 Å². The van der Waals surface area contributed by atoms with Crippen molar-refractivity contribution in [2.24, 2.45) is 0 Å². The van der Waals surface area contributed by atoms with Crippen LogP contribution in [0, 0.1) is 5.82 Å². The third kappa shape index (κ3) is 2.89. The highest BCUT2D eigenvalue weighted by Crippen LogP contribution is 2.32. The molecule has 28 heavy (non-hydrogen) atoms. The number of ether oxygens (including phenoxy) is 3. The summed E-state index contributed by atoms with van der Waals surface area (Å²) in [4.78, 5) is 37.6. The van der Waals surface area contributed by atoms with Crippen molar-refractivity contribution in [3.05, 3.63) is 56.6 Å². The zero-order chi connectivity index (χ0) is 20.0. The normalized spacial score (nSPS) is 23.2. The van der Waals surface area contributed by atoms with Crippen LogP contribution in [0.3, 0.4) is 0 Å². The van der Waals surface area contributed by atoms with Gasteiger partial charge in [0.05, 0.1) is 18.9 Å². The Labute approximate surface area is 155 Å². The van der Waals surface area contributed by atoms with Gasteiger partial charge in [0, 0.05) is 12.0 Å². The number of carbonyl (C=O) groups is 1. The van der Waals surface area contributed by atoms with Gasteiger partial charge in [0.1, 0.15) is 12.3 Å². The molecule has 0 spiro atoms. The van der Waals surface area contributed by atoms with Crippen LogP contribution in [0.1, 0.15) is 23.0 Å². The van der Waals surface area contributed by atoms with Crippen molar-refractivity contribution < 1.29 is 33.6 Å². The number of rotatable bonds is 3. The van der Waals surface area contributed by atoms with Gasteiger partial charge in [0.25, 0.3) is 11.5 Å². The quantitative estimate of drug-likeness (QED) is 0.693. The Morgan fingerprint density at radius 3 is 2.71 bits per heavy atom. The lowest BCUT2D eigenvalue weighted by atomic mass is 10.2. The van der Waals surface area contributed by atoms with Crippen molar-refractivity contribution in [3.63, 3.8) is 0 Å². The van der Waals surface area contributed by atoms with Gasteiger partial charge in [-0.1, -0.05) is 0 Å². The fraction of sp³-hybridized carbons (Fsp3) is 0.353. The van der Waals surface area contributed by atoms with E-state index in [4.69, 9.17) is 19.3 Å². The SMILES string of the molecule is O=C(c1ccc2c(c1)OCO2)n1c(=O)c(F)cn(C2CC(O)C(CO)O2)c1=O. The van der Waals surface area contributed by atoms with Crippen LogP contribution >= 0.6 is 0 Å². The zero-order valence-electron chi connectivity index (χ0n) is 14.3. The molecule has 2 aliphatic heterocycles. The van der Waals surface area contributed by atoms with Gasteiger partial charge in [0.15, 0.2) is 11.5 Å². The fourth-order valence-electron chi connectivity index (χ4n) is 3.14. The third-order valence-corrected chi connectivity index (χ3v) is 4.59. The number of aromatic nitrogens is 2. The summed E-state index contributed by atoms with van der Waals surface area (Å²) in [5, 5.41) is 19.0. The van der Waals surface area contributed by atoms with E-state index in [-0.39, 0.29) is 29.1 Å². The lowest BCUT2D eigenvalue weighted by Gasteiger charge is -2.16. The molecule has 2 N–H and O–H groups in total. The summed E-state index contributed by atoms with van der Waals surface area (Å²) in [7, 11) is 0. The molecule has 1 fully saturated rings. The second-order valence-corrected chi connectivity index (χ2v) is 6.30. The fourth-order valence-corrected chi connectivity index (χ4v) is 3.14. The molecule has 3 atom stereocenters. The van der Waals surface area contributed by atoms with E-state index in [9.17, 15) is 23.9 Å². The summed E-state index contributed by atoms with van der Waals surface area (Å²) in [6.07, 6.45) is -2.71. The number of fused-ring (bicyclic) bond motifs is 1. The molecule has 0 saturated carbocycles. The van der Waals surface area contributed by atoms with E-state index in [0.29, 0.717) is 16.5 Å². The lowest BCUT2D eigenvalue weighted by molar-refractivity contribution is -0.0465. The molecule has 0 amide bonds. The van der Waals surface area contributed by atoms with Crippen LogP contribution in [0.4, 0.5) is 4.39 Å². The maximum Gasteiger partial charge on any atom is 0.340 e. The molecule has 1 aromatic heterocycles. The first-order valence-corrected chi connectivity index (χ1v) is 8.33. The van der Waals surface area contributed by atoms with Crippen molar-refractivity contribution in [2.75, 3.05) is 13.4 Å². The molecule has 3 heterocycles. The molecular formula is C17H15FN2O8. The maximum absolute atomic E-state index is 14.2. The number of benzene rings is 1. The summed E-state index contributed by atoms with van der Waals surface area (Å²) in [5.41, 5.74) is -2.63. The standard InChI is InChI=1S/C17H15FN2O8/c18-9-5-19(14-4-10(22)13(6-21)28-14)17(25)20(16(9)24)15(23)8-1-2-11-12(3-8)27-7-26-11/h1-3,5,10,13-14,21-22H,4,6-7H2. The lowest BCUT2D eigenvalue weighted by Crippen LogP contribution is -2.46. The monoisotopic (exact) mass is 394 g/mol. The summed E-state index contributed by atoms with van der Waals surface area (Å²) in [5.74, 6) is -1.76. The van der Waals surface area contributed by atoms with Gasteiger partial charge in [-0.2, -0.15) is 8.96 Å². The van der Waals surface area contributed by atoms with Crippen molar-refractivity contribution >= 4 is 5.91 Å². The Morgan fingerprint density at radius 2 is 2.00 bits per heavy atom. The smallest absolute Gasteiger partial charge is 0.340 e. The highest BCUT2D eigenvalue weighted by Gasteiger charge is 2.36. The number of hydrogen-bond acceptors (Lipinski definition) is 8. The number of hydrogen-bond donors (Lipinski definition) is 2. The number of aliphatic hydroxyl groups is 2. The summed E-state index contributed by atoms with van der Waals surface area (Å²) in [6.45, 7) is -0.544. The van der Waals surface area contributed by atoms with E-state index in [1.807, 2.05) is 0 Å². The van der Waals surface area contributed by atoms with Gasteiger partial charge >= 0.3 is 5.69 Å². The zero-order valence-corrected chi connectivity index (χ0v) is 14.3. The van der Waals surface area contributed by atoms with Crippen LogP contribution < -0.4 is 20.7 Å². The number of halogens is 1. The van der Waals surface area contributed by atoms with E-state index in [1.54, 1.807) is 0 Å². The molecule has 0 bridgehead atoms. The topological polar surface area (TPSA) is 129 Å². The molecule has 3 unspecified atom stereocenters. The molecule has 10 nitrogen and oxygen atoms in total. The van der Waals surface area contributed by atoms with Crippen LogP contribution in [0.5, 0.6) is 11.5 Å². The maximum atomic E-state index is 14.2. The largest absolute Gasteiger partial charge is 0.454 e. The van der Waals surface area contributed by atoms with Gasteiger partial charge in [-0.25, -0.2) is 4.79 Å². The average Bonchev–Trinajstić information content (AvgIpc) is 3.30. The summed E-state index contributed by atoms with van der Waals surface area (Å²) < 4.78 is 30.7. The first kappa shape index (κ1) is 18.3. The highest BCUT2D eigenvalue weighted by molar-refractivity contribution is 5.96. The van der Waals surface area contributed by atoms with E-state index < -0.39 is 48.0 Å². The molecule has 1 saturated heterocycles. The molecular weight excluding hydrogens is 379 g/mol. The van der Waals surface area contributed by atoms with Crippen molar-refractivity contribution in [1.82, 2.24) is 9.13 Å². The Morgan fingerprint density at radius 1 is 1.25 bits per heavy atom. The highest BCUT2D eigenvalue weighted by atomic mass is 19.1. The Kier molecular flexibility index (Phi) is 4.49. The van der Waals surface area contributed by atoms with Crippen LogP contribution in [-0.2, 0) is 4.74 Å². The number of aliphatic hydroxyl groups excluding tert-OH is 2. The first-order chi connectivity index (χ1) is 13.4. The van der Waals surface area contributed by atoms with Crippen molar-refractivity contribution in [2.45, 2.75) is 24.9 Å². The number of carbonyl (C=O) groups excluding carboxylic acids is 1. The van der Waals surface area contributed by atoms with Crippen molar-refractivity contribution in [3.8, 4) is 11.5 Å². The minimum absolute atomic E-state index is 0.0347. The Balaban J connectivity index is 1.77. The predicted molar refractivity (Wildman–Crippen MR) is 88.8 cm³/mol. The molecule has 2 aromatic rings. The molecule has 11 heteroatoms. The van der Waals surface area contributed by atoms with Gasteiger partial charge in [-0.3, -0.25) is 14.2 Å². The summed E-state index contributed by atoms with van der Waals surface area (Å²) in [6, 6.07) is 4.03. The van der Waals surface area contributed by atoms with E-state index in [2.05, 4.69) is 0 Å². The average molecular weight is 394 g/mol. The Bertz CT molecular complexity index is 1060. The molecule has 0 radical (unpaired) electrons. The van der Waals surface area contributed by atoms with E-state index >= 15 is 0 Å².